The first kappa shape index (κ1) is 20.7. The second-order valence-electron chi connectivity index (χ2n) is 7.48. The first-order valence-electron chi connectivity index (χ1n) is 9.28. The fraction of sp³-hybridized carbons (Fsp3) is 0.632. The molecule has 146 valence electrons. The molecule has 0 radical (unpaired) electrons. The highest BCUT2D eigenvalue weighted by atomic mass is 32.2. The molecule has 0 unspecified atom stereocenters. The van der Waals surface area contributed by atoms with Crippen LogP contribution >= 0.6 is 0 Å². The van der Waals surface area contributed by atoms with Gasteiger partial charge in [0.05, 0.1) is 6.26 Å². The van der Waals surface area contributed by atoms with Gasteiger partial charge >= 0.3 is 0 Å². The highest BCUT2D eigenvalue weighted by Crippen LogP contribution is 2.24. The molecule has 1 fully saturated rings. The van der Waals surface area contributed by atoms with Crippen molar-refractivity contribution in [1.29, 1.82) is 0 Å². The number of hydrogen-bond donors (Lipinski definition) is 1. The smallest absolute Gasteiger partial charge is 0.225 e. The van der Waals surface area contributed by atoms with Crippen LogP contribution in [0.4, 0.5) is 11.4 Å². The van der Waals surface area contributed by atoms with Crippen LogP contribution in [-0.2, 0) is 14.8 Å². The van der Waals surface area contributed by atoms with E-state index in [2.05, 4.69) is 17.1 Å². The predicted molar refractivity (Wildman–Crippen MR) is 107 cm³/mol. The van der Waals surface area contributed by atoms with Gasteiger partial charge in [-0.2, -0.15) is 4.31 Å². The van der Waals surface area contributed by atoms with Crippen molar-refractivity contribution in [2.75, 3.05) is 36.1 Å². The molecular weight excluding hydrogens is 350 g/mol. The van der Waals surface area contributed by atoms with E-state index in [1.165, 1.54) is 29.1 Å². The molecule has 1 N–H and O–H groups in total. The number of carbonyl (C=O) groups is 1. The zero-order chi connectivity index (χ0) is 19.3. The third kappa shape index (κ3) is 5.99. The average molecular weight is 382 g/mol. The largest absolute Gasteiger partial charge is 0.372 e. The summed E-state index contributed by atoms with van der Waals surface area (Å²) in [4.78, 5) is 14.5. The first-order chi connectivity index (χ1) is 12.2. The summed E-state index contributed by atoms with van der Waals surface area (Å²) in [6.07, 6.45) is 3.73. The summed E-state index contributed by atoms with van der Waals surface area (Å²) in [7, 11) is -3.31. The van der Waals surface area contributed by atoms with Gasteiger partial charge in [0.2, 0.25) is 15.9 Å². The van der Waals surface area contributed by atoms with Gasteiger partial charge in [-0.1, -0.05) is 6.92 Å². The summed E-state index contributed by atoms with van der Waals surface area (Å²) in [5.41, 5.74) is 1.91. The van der Waals surface area contributed by atoms with Gasteiger partial charge in [0, 0.05) is 43.5 Å². The third-order valence-electron chi connectivity index (χ3n) is 4.86. The van der Waals surface area contributed by atoms with Gasteiger partial charge in [-0.3, -0.25) is 4.79 Å². The predicted octanol–water partition coefficient (Wildman–Crippen LogP) is 2.92. The van der Waals surface area contributed by atoms with Crippen LogP contribution in [0.5, 0.6) is 0 Å². The number of carbonyl (C=O) groups excluding carboxylic acids is 1. The molecule has 1 heterocycles. The van der Waals surface area contributed by atoms with Gasteiger partial charge in [-0.15, -0.1) is 0 Å². The van der Waals surface area contributed by atoms with Crippen LogP contribution in [0.1, 0.15) is 40.0 Å². The molecule has 1 aliphatic heterocycles. The van der Waals surface area contributed by atoms with Gasteiger partial charge in [-0.25, -0.2) is 8.42 Å². The zero-order valence-electron chi connectivity index (χ0n) is 16.2. The molecule has 1 aromatic carbocycles. The van der Waals surface area contributed by atoms with Crippen LogP contribution in [0, 0.1) is 5.92 Å². The summed E-state index contributed by atoms with van der Waals surface area (Å²) in [6, 6.07) is 7.71. The van der Waals surface area contributed by atoms with Crippen LogP contribution in [0.25, 0.3) is 0 Å². The normalized spacial score (nSPS) is 16.3. The summed E-state index contributed by atoms with van der Waals surface area (Å²) in [5, 5.41) is 2.85. The SMILES string of the molecule is CC1CCN(c2ccc(NC(=O)CCN(C(C)C)S(C)(=O)=O)cc2)CC1. The molecular formula is C19H31N3O3S. The Bertz CT molecular complexity index is 693. The van der Waals surface area contributed by atoms with E-state index in [1.807, 2.05) is 24.3 Å². The number of anilines is 2. The van der Waals surface area contributed by atoms with E-state index in [0.717, 1.165) is 24.7 Å². The number of amides is 1. The van der Waals surface area contributed by atoms with Crippen molar-refractivity contribution in [2.24, 2.45) is 5.92 Å². The van der Waals surface area contributed by atoms with E-state index in [1.54, 1.807) is 13.8 Å². The van der Waals surface area contributed by atoms with E-state index in [-0.39, 0.29) is 24.9 Å². The maximum Gasteiger partial charge on any atom is 0.225 e. The van der Waals surface area contributed by atoms with E-state index in [4.69, 9.17) is 0 Å². The minimum Gasteiger partial charge on any atom is -0.372 e. The number of nitrogens with zero attached hydrogens (tertiary/aromatic N) is 2. The Hall–Kier alpha value is -1.60. The Morgan fingerprint density at radius 3 is 2.31 bits per heavy atom. The highest BCUT2D eigenvalue weighted by molar-refractivity contribution is 7.88. The van der Waals surface area contributed by atoms with E-state index in [0.29, 0.717) is 0 Å². The summed E-state index contributed by atoms with van der Waals surface area (Å²) < 4.78 is 24.8. The minimum atomic E-state index is -3.31. The van der Waals surface area contributed by atoms with Crippen LogP contribution in [0.15, 0.2) is 24.3 Å². The summed E-state index contributed by atoms with van der Waals surface area (Å²) in [6.45, 7) is 8.23. The molecule has 6 nitrogen and oxygen atoms in total. The zero-order valence-corrected chi connectivity index (χ0v) is 17.1. The lowest BCUT2D eigenvalue weighted by Gasteiger charge is -2.32. The maximum atomic E-state index is 12.1. The van der Waals surface area contributed by atoms with Gasteiger partial charge < -0.3 is 10.2 Å². The van der Waals surface area contributed by atoms with Gasteiger partial charge in [0.25, 0.3) is 0 Å². The number of sulfonamides is 1. The lowest BCUT2D eigenvalue weighted by atomic mass is 9.99. The van der Waals surface area contributed by atoms with Crippen molar-refractivity contribution in [3.63, 3.8) is 0 Å². The number of piperidine rings is 1. The van der Waals surface area contributed by atoms with E-state index in [9.17, 15) is 13.2 Å². The van der Waals surface area contributed by atoms with E-state index >= 15 is 0 Å². The van der Waals surface area contributed by atoms with Crippen molar-refractivity contribution in [3.05, 3.63) is 24.3 Å². The van der Waals surface area contributed by atoms with Gasteiger partial charge in [-0.05, 0) is 56.9 Å². The molecule has 0 atom stereocenters. The Balaban J connectivity index is 1.87. The molecule has 1 aliphatic rings. The number of benzene rings is 1. The quantitative estimate of drug-likeness (QED) is 0.788. The number of rotatable bonds is 7. The molecule has 1 amide bonds. The van der Waals surface area contributed by atoms with Crippen molar-refractivity contribution in [1.82, 2.24) is 4.31 Å². The van der Waals surface area contributed by atoms with E-state index < -0.39 is 10.0 Å². The van der Waals surface area contributed by atoms with Crippen LogP contribution in [0.3, 0.4) is 0 Å². The molecule has 2 rings (SSSR count). The first-order valence-corrected chi connectivity index (χ1v) is 11.1. The Morgan fingerprint density at radius 2 is 1.81 bits per heavy atom. The molecule has 7 heteroatoms. The Labute approximate surface area is 157 Å². The molecule has 0 saturated carbocycles. The number of nitrogens with one attached hydrogen (secondary N) is 1. The third-order valence-corrected chi connectivity index (χ3v) is 6.32. The topological polar surface area (TPSA) is 69.7 Å². The summed E-state index contributed by atoms with van der Waals surface area (Å²) >= 11 is 0. The van der Waals surface area contributed by atoms with Crippen LogP contribution in [-0.4, -0.2) is 50.6 Å². The van der Waals surface area contributed by atoms with Gasteiger partial charge in [0.1, 0.15) is 0 Å². The Morgan fingerprint density at radius 1 is 1.23 bits per heavy atom. The highest BCUT2D eigenvalue weighted by Gasteiger charge is 2.21. The molecule has 1 aromatic rings. The minimum absolute atomic E-state index is 0.136. The Kier molecular flexibility index (Phi) is 7.06. The van der Waals surface area contributed by atoms with Crippen molar-refractivity contribution in [3.8, 4) is 0 Å². The second-order valence-corrected chi connectivity index (χ2v) is 9.42. The van der Waals surface area contributed by atoms with Gasteiger partial charge in [0.15, 0.2) is 0 Å². The maximum absolute atomic E-state index is 12.1. The number of hydrogen-bond acceptors (Lipinski definition) is 4. The monoisotopic (exact) mass is 381 g/mol. The standard InChI is InChI=1S/C19H31N3O3S/c1-15(2)22(26(4,24)25)14-11-19(23)20-17-5-7-18(8-6-17)21-12-9-16(3)10-13-21/h5-8,15-16H,9-14H2,1-4H3,(H,20,23). The van der Waals surface area contributed by atoms with Crippen LogP contribution < -0.4 is 10.2 Å². The molecule has 1 saturated heterocycles. The summed E-state index contributed by atoms with van der Waals surface area (Å²) in [5.74, 6) is 0.612. The average Bonchev–Trinajstić information content (AvgIpc) is 2.55. The second kappa shape index (κ2) is 8.86. The fourth-order valence-corrected chi connectivity index (χ4v) is 4.45. The molecule has 26 heavy (non-hydrogen) atoms. The van der Waals surface area contributed by atoms with Crippen molar-refractivity contribution in [2.45, 2.75) is 46.1 Å². The van der Waals surface area contributed by atoms with Crippen molar-refractivity contribution >= 4 is 27.3 Å². The van der Waals surface area contributed by atoms with Crippen LogP contribution in [0.2, 0.25) is 0 Å². The molecule has 0 bridgehead atoms. The lowest BCUT2D eigenvalue weighted by Crippen LogP contribution is -2.38. The lowest BCUT2D eigenvalue weighted by molar-refractivity contribution is -0.116. The fourth-order valence-electron chi connectivity index (χ4n) is 3.26. The molecule has 0 spiro atoms. The molecule has 0 aliphatic carbocycles. The molecule has 0 aromatic heterocycles. The van der Waals surface area contributed by atoms with Crippen molar-refractivity contribution < 1.29 is 13.2 Å².